The van der Waals surface area contributed by atoms with E-state index < -0.39 is 23.7 Å². The highest BCUT2D eigenvalue weighted by Crippen LogP contribution is 2.38. The van der Waals surface area contributed by atoms with Gasteiger partial charge in [0.05, 0.1) is 4.91 Å². The highest BCUT2D eigenvalue weighted by Gasteiger charge is 2.41. The number of thiocarbonyl (C=S) groups is 1. The lowest BCUT2D eigenvalue weighted by molar-refractivity contribution is -0.145. The van der Waals surface area contributed by atoms with Crippen LogP contribution in [0.4, 0.5) is 4.39 Å². The zero-order valence-corrected chi connectivity index (χ0v) is 14.4. The van der Waals surface area contributed by atoms with Crippen molar-refractivity contribution in [3.05, 3.63) is 76.4 Å². The summed E-state index contributed by atoms with van der Waals surface area (Å²) in [4.78, 5) is 25.8. The molecule has 0 bridgehead atoms. The Morgan fingerprint density at radius 2 is 1.92 bits per heavy atom. The first-order valence-corrected chi connectivity index (χ1v) is 8.50. The number of carbonyl (C=O) groups is 2. The molecule has 1 saturated heterocycles. The van der Waals surface area contributed by atoms with E-state index in [-0.39, 0.29) is 9.23 Å². The summed E-state index contributed by atoms with van der Waals surface area (Å²) in [6.07, 6.45) is 1.51. The number of hydrogen-bond donors (Lipinski definition) is 1. The second-order valence-electron chi connectivity index (χ2n) is 5.26. The van der Waals surface area contributed by atoms with Crippen LogP contribution in [-0.4, -0.2) is 26.2 Å². The summed E-state index contributed by atoms with van der Waals surface area (Å²) in [5.74, 6) is -2.10. The monoisotopic (exact) mass is 373 g/mol. The number of amides is 1. The third-order valence-corrected chi connectivity index (χ3v) is 4.91. The first kappa shape index (κ1) is 17.3. The van der Waals surface area contributed by atoms with Crippen molar-refractivity contribution < 1.29 is 19.1 Å². The predicted molar refractivity (Wildman–Crippen MR) is 98.2 cm³/mol. The second-order valence-corrected chi connectivity index (χ2v) is 6.93. The van der Waals surface area contributed by atoms with Crippen LogP contribution in [0.1, 0.15) is 17.2 Å². The van der Waals surface area contributed by atoms with Crippen LogP contribution < -0.4 is 0 Å². The molecule has 0 saturated carbocycles. The molecule has 0 radical (unpaired) electrons. The molecule has 1 N–H and O–H groups in total. The lowest BCUT2D eigenvalue weighted by atomic mass is 10.1. The van der Waals surface area contributed by atoms with Gasteiger partial charge in [-0.1, -0.05) is 66.4 Å². The van der Waals surface area contributed by atoms with E-state index in [1.807, 2.05) is 0 Å². The van der Waals surface area contributed by atoms with Crippen molar-refractivity contribution in [2.75, 3.05) is 0 Å². The average Bonchev–Trinajstić information content (AvgIpc) is 2.84. The number of carboxylic acid groups (broad SMARTS) is 1. The quantitative estimate of drug-likeness (QED) is 0.652. The van der Waals surface area contributed by atoms with Crippen molar-refractivity contribution in [1.29, 1.82) is 0 Å². The van der Waals surface area contributed by atoms with Gasteiger partial charge in [-0.15, -0.1) is 0 Å². The molecule has 1 atom stereocenters. The molecule has 1 aliphatic heterocycles. The summed E-state index contributed by atoms with van der Waals surface area (Å²) in [6, 6.07) is 13.0. The van der Waals surface area contributed by atoms with E-state index in [4.69, 9.17) is 12.2 Å². The number of aliphatic carboxylic acids is 1. The Morgan fingerprint density at radius 3 is 2.56 bits per heavy atom. The van der Waals surface area contributed by atoms with E-state index >= 15 is 0 Å². The fourth-order valence-electron chi connectivity index (χ4n) is 2.49. The summed E-state index contributed by atoms with van der Waals surface area (Å²) in [5.41, 5.74) is 0.963. The maximum atomic E-state index is 13.3. The van der Waals surface area contributed by atoms with Crippen molar-refractivity contribution in [2.45, 2.75) is 6.04 Å². The minimum Gasteiger partial charge on any atom is -0.479 e. The van der Waals surface area contributed by atoms with Crippen molar-refractivity contribution >= 4 is 46.3 Å². The number of benzene rings is 2. The number of thioether (sulfide) groups is 1. The number of nitrogens with zero attached hydrogens (tertiary/aromatic N) is 1. The van der Waals surface area contributed by atoms with Gasteiger partial charge in [0.2, 0.25) is 0 Å². The Balaban J connectivity index is 1.96. The van der Waals surface area contributed by atoms with Gasteiger partial charge in [-0.2, -0.15) is 0 Å². The molecular formula is C18H12FNO3S2. The second kappa shape index (κ2) is 7.16. The molecule has 0 aliphatic carbocycles. The summed E-state index contributed by atoms with van der Waals surface area (Å²) >= 11 is 6.23. The van der Waals surface area contributed by atoms with E-state index in [1.54, 1.807) is 36.4 Å². The van der Waals surface area contributed by atoms with Crippen LogP contribution in [0.5, 0.6) is 0 Å². The fourth-order valence-corrected chi connectivity index (χ4v) is 3.80. The van der Waals surface area contributed by atoms with E-state index in [9.17, 15) is 19.1 Å². The van der Waals surface area contributed by atoms with Crippen LogP contribution >= 0.6 is 24.0 Å². The lowest BCUT2D eigenvalue weighted by Crippen LogP contribution is -2.37. The first-order valence-electron chi connectivity index (χ1n) is 7.28. The number of carbonyl (C=O) groups excluding carboxylic acids is 1. The van der Waals surface area contributed by atoms with Gasteiger partial charge < -0.3 is 5.11 Å². The molecule has 25 heavy (non-hydrogen) atoms. The standard InChI is InChI=1S/C18H12FNO3S2/c19-13-8-4-5-11(9-13)10-14-16(21)20(18(24)25-14)15(17(22)23)12-6-2-1-3-7-12/h1-10,15H,(H,22,23)/b14-10+. The van der Waals surface area contributed by atoms with Gasteiger partial charge in [-0.05, 0) is 29.3 Å². The zero-order chi connectivity index (χ0) is 18.0. The number of rotatable bonds is 4. The van der Waals surface area contributed by atoms with Crippen LogP contribution in [0.15, 0.2) is 59.5 Å². The molecule has 2 aromatic carbocycles. The number of carboxylic acids is 1. The van der Waals surface area contributed by atoms with Crippen molar-refractivity contribution in [1.82, 2.24) is 4.90 Å². The first-order chi connectivity index (χ1) is 12.0. The predicted octanol–water partition coefficient (Wildman–Crippen LogP) is 3.85. The molecule has 2 aromatic rings. The van der Waals surface area contributed by atoms with Crippen LogP contribution in [0.25, 0.3) is 6.08 Å². The van der Waals surface area contributed by atoms with Gasteiger partial charge in [0.15, 0.2) is 6.04 Å². The van der Waals surface area contributed by atoms with Gasteiger partial charge in [-0.25, -0.2) is 9.18 Å². The van der Waals surface area contributed by atoms with E-state index in [0.29, 0.717) is 11.1 Å². The largest absolute Gasteiger partial charge is 0.479 e. The molecular weight excluding hydrogens is 361 g/mol. The normalized spacial score (nSPS) is 17.2. The highest BCUT2D eigenvalue weighted by atomic mass is 32.2. The lowest BCUT2D eigenvalue weighted by Gasteiger charge is -2.23. The molecule has 0 spiro atoms. The van der Waals surface area contributed by atoms with E-state index in [2.05, 4.69) is 0 Å². The summed E-state index contributed by atoms with van der Waals surface area (Å²) < 4.78 is 13.5. The van der Waals surface area contributed by atoms with Crippen molar-refractivity contribution in [3.63, 3.8) is 0 Å². The van der Waals surface area contributed by atoms with Gasteiger partial charge >= 0.3 is 5.97 Å². The molecule has 1 fully saturated rings. The maximum absolute atomic E-state index is 13.3. The Bertz CT molecular complexity index is 883. The Kier molecular flexibility index (Phi) is 4.96. The van der Waals surface area contributed by atoms with Gasteiger partial charge in [0.1, 0.15) is 10.1 Å². The van der Waals surface area contributed by atoms with Crippen LogP contribution in [0.3, 0.4) is 0 Å². The molecule has 1 amide bonds. The minimum absolute atomic E-state index is 0.156. The Labute approximate surface area is 153 Å². The molecule has 1 heterocycles. The molecule has 0 aromatic heterocycles. The summed E-state index contributed by atoms with van der Waals surface area (Å²) in [5, 5.41) is 9.60. The SMILES string of the molecule is O=C(O)C(c1ccccc1)N1C(=O)/C(=C\c2cccc(F)c2)SC1=S. The third kappa shape index (κ3) is 3.62. The Hall–Kier alpha value is -2.51. The van der Waals surface area contributed by atoms with Crippen molar-refractivity contribution in [2.24, 2.45) is 0 Å². The molecule has 7 heteroatoms. The van der Waals surface area contributed by atoms with E-state index in [0.717, 1.165) is 16.7 Å². The third-order valence-electron chi connectivity index (χ3n) is 3.58. The van der Waals surface area contributed by atoms with Crippen LogP contribution in [-0.2, 0) is 9.59 Å². The topological polar surface area (TPSA) is 57.6 Å². The molecule has 3 rings (SSSR count). The zero-order valence-electron chi connectivity index (χ0n) is 12.8. The summed E-state index contributed by atoms with van der Waals surface area (Å²) in [7, 11) is 0. The van der Waals surface area contributed by atoms with Crippen LogP contribution in [0.2, 0.25) is 0 Å². The van der Waals surface area contributed by atoms with E-state index in [1.165, 1.54) is 24.3 Å². The average molecular weight is 373 g/mol. The van der Waals surface area contributed by atoms with Crippen LogP contribution in [0, 0.1) is 5.82 Å². The number of halogens is 1. The fraction of sp³-hybridized carbons (Fsp3) is 0.0556. The number of hydrogen-bond acceptors (Lipinski definition) is 4. The van der Waals surface area contributed by atoms with Gasteiger partial charge in [-0.3, -0.25) is 9.69 Å². The van der Waals surface area contributed by atoms with Crippen molar-refractivity contribution in [3.8, 4) is 0 Å². The highest BCUT2D eigenvalue weighted by molar-refractivity contribution is 8.26. The van der Waals surface area contributed by atoms with Gasteiger partial charge in [0, 0.05) is 0 Å². The molecule has 126 valence electrons. The van der Waals surface area contributed by atoms with Gasteiger partial charge in [0.25, 0.3) is 5.91 Å². The Morgan fingerprint density at radius 1 is 1.20 bits per heavy atom. The molecule has 4 nitrogen and oxygen atoms in total. The smallest absolute Gasteiger partial charge is 0.331 e. The molecule has 1 unspecified atom stereocenters. The summed E-state index contributed by atoms with van der Waals surface area (Å²) in [6.45, 7) is 0. The molecule has 1 aliphatic rings. The minimum atomic E-state index is -1.20. The maximum Gasteiger partial charge on any atom is 0.331 e.